The Kier molecular flexibility index (Phi) is 7.61. The highest BCUT2D eigenvalue weighted by Crippen LogP contribution is 2.10. The second-order valence-corrected chi connectivity index (χ2v) is 3.54. The van der Waals surface area contributed by atoms with Crippen molar-refractivity contribution in [2.24, 2.45) is 4.99 Å². The fraction of sp³-hybridized carbons (Fsp3) is 0.267. The summed E-state index contributed by atoms with van der Waals surface area (Å²) in [6, 6.07) is 0. The normalized spacial score (nSPS) is 14.2. The zero-order valence-corrected chi connectivity index (χ0v) is 10.8. The van der Waals surface area contributed by atoms with Crippen LogP contribution in [0, 0.1) is 0 Å². The Morgan fingerprint density at radius 2 is 2.00 bits per heavy atom. The van der Waals surface area contributed by atoms with Gasteiger partial charge in [0, 0.05) is 7.05 Å². The first-order valence-corrected chi connectivity index (χ1v) is 5.56. The van der Waals surface area contributed by atoms with Gasteiger partial charge in [0.25, 0.3) is 0 Å². The average Bonchev–Trinajstić information content (AvgIpc) is 2.32. The first-order chi connectivity index (χ1) is 8.06. The van der Waals surface area contributed by atoms with Gasteiger partial charge in [0.05, 0.1) is 5.71 Å². The summed E-state index contributed by atoms with van der Waals surface area (Å²) >= 11 is 0. The van der Waals surface area contributed by atoms with Crippen molar-refractivity contribution in [1.29, 1.82) is 0 Å². The first-order valence-electron chi connectivity index (χ1n) is 5.56. The van der Waals surface area contributed by atoms with Crippen molar-refractivity contribution in [1.82, 2.24) is 0 Å². The fourth-order valence-electron chi connectivity index (χ4n) is 1.09. The molecule has 0 aliphatic heterocycles. The molecule has 0 aromatic carbocycles. The van der Waals surface area contributed by atoms with E-state index in [1.165, 1.54) is 6.08 Å². The van der Waals surface area contributed by atoms with Crippen LogP contribution in [0.25, 0.3) is 0 Å². The Bertz CT molecular complexity index is 395. The molecule has 0 heterocycles. The second-order valence-electron chi connectivity index (χ2n) is 3.54. The molecule has 0 aliphatic carbocycles. The fourth-order valence-corrected chi connectivity index (χ4v) is 1.09. The van der Waals surface area contributed by atoms with Gasteiger partial charge in [-0.05, 0) is 42.7 Å². The molecule has 0 rings (SSSR count). The van der Waals surface area contributed by atoms with E-state index in [9.17, 15) is 4.39 Å². The van der Waals surface area contributed by atoms with E-state index >= 15 is 0 Å². The molecule has 1 nitrogen and oxygen atoms in total. The quantitative estimate of drug-likeness (QED) is 0.471. The summed E-state index contributed by atoms with van der Waals surface area (Å²) in [4.78, 5) is 4.14. The van der Waals surface area contributed by atoms with Crippen LogP contribution in [0.3, 0.4) is 0 Å². The van der Waals surface area contributed by atoms with Crippen molar-refractivity contribution in [2.45, 2.75) is 20.3 Å². The molecular formula is C15H20FN. The van der Waals surface area contributed by atoms with Crippen LogP contribution in [0.15, 0.2) is 65.5 Å². The minimum atomic E-state index is -0.334. The van der Waals surface area contributed by atoms with Gasteiger partial charge in [0.15, 0.2) is 0 Å². The standard InChI is InChI=1S/C15H20FN/c1-6-8-9-15(17-5)13(7-2)10-11-14(16)12(3)4/h7-11H,2-3,6H2,1,4-5H3/b9-8-,13-10-,14-11-,17-15?. The van der Waals surface area contributed by atoms with Crippen molar-refractivity contribution in [2.75, 3.05) is 7.05 Å². The van der Waals surface area contributed by atoms with Crippen LogP contribution in [0.4, 0.5) is 4.39 Å². The van der Waals surface area contributed by atoms with Crippen molar-refractivity contribution in [3.8, 4) is 0 Å². The van der Waals surface area contributed by atoms with Crippen LogP contribution in [0.1, 0.15) is 20.3 Å². The number of rotatable bonds is 6. The zero-order chi connectivity index (χ0) is 13.3. The molecule has 0 unspecified atom stereocenters. The van der Waals surface area contributed by atoms with Crippen molar-refractivity contribution >= 4 is 5.71 Å². The highest BCUT2D eigenvalue weighted by Gasteiger charge is 1.98. The van der Waals surface area contributed by atoms with E-state index in [0.29, 0.717) is 5.57 Å². The molecule has 92 valence electrons. The number of aliphatic imine (C=N–C) groups is 1. The molecule has 0 aromatic heterocycles. The van der Waals surface area contributed by atoms with E-state index in [2.05, 4.69) is 18.2 Å². The van der Waals surface area contributed by atoms with Crippen LogP contribution < -0.4 is 0 Å². The molecule has 0 fully saturated rings. The summed E-state index contributed by atoms with van der Waals surface area (Å²) in [6.07, 6.45) is 9.52. The monoisotopic (exact) mass is 233 g/mol. The maximum atomic E-state index is 13.3. The van der Waals surface area contributed by atoms with Crippen LogP contribution in [-0.2, 0) is 0 Å². The van der Waals surface area contributed by atoms with Gasteiger partial charge >= 0.3 is 0 Å². The lowest BCUT2D eigenvalue weighted by Crippen LogP contribution is -1.96. The third-order valence-corrected chi connectivity index (χ3v) is 2.08. The maximum Gasteiger partial charge on any atom is 0.125 e. The number of hydrogen-bond acceptors (Lipinski definition) is 1. The van der Waals surface area contributed by atoms with Crippen LogP contribution in [-0.4, -0.2) is 12.8 Å². The largest absolute Gasteiger partial charge is 0.288 e. The molecule has 0 amide bonds. The van der Waals surface area contributed by atoms with Gasteiger partial charge in [-0.2, -0.15) is 0 Å². The molecule has 0 aromatic rings. The topological polar surface area (TPSA) is 12.4 Å². The molecule has 0 aliphatic rings. The Balaban J connectivity index is 5.13. The Labute approximate surface area is 103 Å². The molecule has 0 saturated carbocycles. The maximum absolute atomic E-state index is 13.3. The van der Waals surface area contributed by atoms with Crippen LogP contribution >= 0.6 is 0 Å². The lowest BCUT2D eigenvalue weighted by molar-refractivity contribution is 0.652. The van der Waals surface area contributed by atoms with Crippen LogP contribution in [0.5, 0.6) is 0 Å². The van der Waals surface area contributed by atoms with Gasteiger partial charge in [0.1, 0.15) is 5.83 Å². The molecule has 2 heteroatoms. The summed E-state index contributed by atoms with van der Waals surface area (Å²) in [5.41, 5.74) is 1.98. The molecule has 0 spiro atoms. The zero-order valence-electron chi connectivity index (χ0n) is 10.8. The van der Waals surface area contributed by atoms with E-state index in [0.717, 1.165) is 17.7 Å². The molecular weight excluding hydrogens is 213 g/mol. The van der Waals surface area contributed by atoms with E-state index in [-0.39, 0.29) is 5.83 Å². The van der Waals surface area contributed by atoms with Crippen LogP contribution in [0.2, 0.25) is 0 Å². The lowest BCUT2D eigenvalue weighted by atomic mass is 10.1. The number of hydrogen-bond donors (Lipinski definition) is 0. The molecule has 0 N–H and O–H groups in total. The second kappa shape index (κ2) is 8.45. The molecule has 0 saturated heterocycles. The molecule has 0 radical (unpaired) electrons. The minimum absolute atomic E-state index is 0.334. The van der Waals surface area contributed by atoms with E-state index < -0.39 is 0 Å². The van der Waals surface area contributed by atoms with E-state index in [1.807, 2.05) is 19.1 Å². The van der Waals surface area contributed by atoms with Gasteiger partial charge in [-0.3, -0.25) is 4.99 Å². The lowest BCUT2D eigenvalue weighted by Gasteiger charge is -2.00. The summed E-state index contributed by atoms with van der Waals surface area (Å²) in [5, 5.41) is 0. The highest BCUT2D eigenvalue weighted by atomic mass is 19.1. The number of nitrogens with zero attached hydrogens (tertiary/aromatic N) is 1. The van der Waals surface area contributed by atoms with Gasteiger partial charge in [0.2, 0.25) is 0 Å². The Morgan fingerprint density at radius 3 is 2.41 bits per heavy atom. The molecule has 0 atom stereocenters. The van der Waals surface area contributed by atoms with Gasteiger partial charge in [-0.25, -0.2) is 4.39 Å². The van der Waals surface area contributed by atoms with Gasteiger partial charge in [-0.15, -0.1) is 0 Å². The summed E-state index contributed by atoms with van der Waals surface area (Å²) in [5.74, 6) is -0.334. The summed E-state index contributed by atoms with van der Waals surface area (Å²) in [6.45, 7) is 10.9. The Hall–Kier alpha value is -1.70. The number of allylic oxidation sites excluding steroid dienone is 8. The summed E-state index contributed by atoms with van der Waals surface area (Å²) in [7, 11) is 1.70. The highest BCUT2D eigenvalue weighted by molar-refractivity contribution is 6.10. The Morgan fingerprint density at radius 1 is 1.35 bits per heavy atom. The average molecular weight is 233 g/mol. The molecule has 17 heavy (non-hydrogen) atoms. The SMILES string of the molecule is C=C/C(=C/C=C(\F)C(=C)C)C(/C=C\CC)=NC. The first kappa shape index (κ1) is 15.3. The van der Waals surface area contributed by atoms with E-state index in [4.69, 9.17) is 0 Å². The third-order valence-electron chi connectivity index (χ3n) is 2.08. The summed E-state index contributed by atoms with van der Waals surface area (Å²) < 4.78 is 13.3. The van der Waals surface area contributed by atoms with Crippen molar-refractivity contribution in [3.05, 3.63) is 60.5 Å². The van der Waals surface area contributed by atoms with Crippen molar-refractivity contribution in [3.63, 3.8) is 0 Å². The van der Waals surface area contributed by atoms with Gasteiger partial charge < -0.3 is 0 Å². The predicted molar refractivity (Wildman–Crippen MR) is 75.1 cm³/mol. The minimum Gasteiger partial charge on any atom is -0.288 e. The van der Waals surface area contributed by atoms with Crippen molar-refractivity contribution < 1.29 is 4.39 Å². The number of halogens is 1. The van der Waals surface area contributed by atoms with E-state index in [1.54, 1.807) is 26.1 Å². The molecule has 0 bridgehead atoms. The third kappa shape index (κ3) is 5.81. The smallest absolute Gasteiger partial charge is 0.125 e. The van der Waals surface area contributed by atoms with Gasteiger partial charge in [-0.1, -0.05) is 32.2 Å². The predicted octanol–water partition coefficient (Wildman–Crippen LogP) is 4.57.